The fourth-order valence-corrected chi connectivity index (χ4v) is 3.46. The summed E-state index contributed by atoms with van der Waals surface area (Å²) < 4.78 is 14.0. The largest absolute Gasteiger partial charge is 0.545 e. The Balaban J connectivity index is 1.92. The highest BCUT2D eigenvalue weighted by Gasteiger charge is 2.33. The fraction of sp³-hybridized carbons (Fsp3) is 0. The van der Waals surface area contributed by atoms with E-state index in [0.29, 0.717) is 20.5 Å². The summed E-state index contributed by atoms with van der Waals surface area (Å²) in [5.74, 6) is -2.11. The molecule has 0 aliphatic carbocycles. The third-order valence-corrected chi connectivity index (χ3v) is 4.65. The van der Waals surface area contributed by atoms with E-state index in [2.05, 4.69) is 0 Å². The van der Waals surface area contributed by atoms with E-state index in [9.17, 15) is 19.1 Å². The lowest BCUT2D eigenvalue weighted by molar-refractivity contribution is -0.255. The third kappa shape index (κ3) is 3.08. The number of benzene rings is 2. The first kappa shape index (κ1) is 16.4. The maximum Gasteiger partial charge on any atom is 0.270 e. The number of carboxylic acids is 1. The molecule has 1 aliphatic heterocycles. The summed E-state index contributed by atoms with van der Waals surface area (Å²) in [4.78, 5) is 24.9. The Labute approximate surface area is 146 Å². The van der Waals surface area contributed by atoms with Gasteiger partial charge in [0.15, 0.2) is 4.32 Å². The van der Waals surface area contributed by atoms with Crippen LogP contribution in [0.3, 0.4) is 0 Å². The molecule has 1 amide bonds. The maximum absolute atomic E-state index is 13.7. The van der Waals surface area contributed by atoms with Crippen LogP contribution in [0.25, 0.3) is 6.08 Å². The van der Waals surface area contributed by atoms with Gasteiger partial charge in [-0.1, -0.05) is 54.3 Å². The molecule has 4 nitrogen and oxygen atoms in total. The van der Waals surface area contributed by atoms with Gasteiger partial charge < -0.3 is 9.90 Å². The molecule has 0 atom stereocenters. The highest BCUT2D eigenvalue weighted by atomic mass is 32.2. The Bertz CT molecular complexity index is 878. The molecular formula is C17H9FNO3S2-. The van der Waals surface area contributed by atoms with Gasteiger partial charge in [0.1, 0.15) is 5.82 Å². The van der Waals surface area contributed by atoms with Crippen LogP contribution in [0, 0.1) is 5.82 Å². The molecule has 1 aliphatic rings. The first-order valence-electron chi connectivity index (χ1n) is 6.81. The Morgan fingerprint density at radius 2 is 1.83 bits per heavy atom. The first-order valence-corrected chi connectivity index (χ1v) is 8.04. The van der Waals surface area contributed by atoms with E-state index in [4.69, 9.17) is 12.2 Å². The number of carboxylic acid groups (broad SMARTS) is 1. The van der Waals surface area contributed by atoms with Crippen molar-refractivity contribution < 1.29 is 19.1 Å². The number of carbonyl (C=O) groups is 2. The zero-order chi connectivity index (χ0) is 17.3. The predicted molar refractivity (Wildman–Crippen MR) is 92.8 cm³/mol. The number of hydrogen-bond donors (Lipinski definition) is 0. The molecule has 0 saturated carbocycles. The standard InChI is InChI=1S/C17H10FNO3S2/c18-13-4-2-1-3-11(13)9-14-15(20)19(17(23)24-14)12-7-5-10(6-8-12)16(21)22/h1-9H,(H,21,22)/p-1/b14-9-. The summed E-state index contributed by atoms with van der Waals surface area (Å²) in [5, 5.41) is 10.8. The van der Waals surface area contributed by atoms with Crippen LogP contribution >= 0.6 is 24.0 Å². The van der Waals surface area contributed by atoms with Gasteiger partial charge in [0.2, 0.25) is 0 Å². The minimum atomic E-state index is -1.30. The SMILES string of the molecule is O=C([O-])c1ccc(N2C(=O)/C(=C/c3ccccc3F)SC2=S)cc1. The Kier molecular flexibility index (Phi) is 4.46. The van der Waals surface area contributed by atoms with Crippen molar-refractivity contribution in [2.75, 3.05) is 4.90 Å². The quantitative estimate of drug-likeness (QED) is 0.623. The molecule has 0 unspecified atom stereocenters. The molecule has 2 aromatic carbocycles. The smallest absolute Gasteiger partial charge is 0.270 e. The number of amides is 1. The number of halogens is 1. The van der Waals surface area contributed by atoms with Crippen molar-refractivity contribution in [3.8, 4) is 0 Å². The zero-order valence-electron chi connectivity index (χ0n) is 12.1. The molecule has 0 N–H and O–H groups in total. The van der Waals surface area contributed by atoms with Gasteiger partial charge >= 0.3 is 0 Å². The lowest BCUT2D eigenvalue weighted by Crippen LogP contribution is -2.28. The minimum Gasteiger partial charge on any atom is -0.545 e. The topological polar surface area (TPSA) is 60.4 Å². The zero-order valence-corrected chi connectivity index (χ0v) is 13.7. The second-order valence-corrected chi connectivity index (χ2v) is 6.55. The van der Waals surface area contributed by atoms with E-state index in [-0.39, 0.29) is 11.5 Å². The van der Waals surface area contributed by atoms with Gasteiger partial charge in [0.05, 0.1) is 16.6 Å². The van der Waals surface area contributed by atoms with Crippen LogP contribution in [-0.4, -0.2) is 16.2 Å². The van der Waals surface area contributed by atoms with Gasteiger partial charge in [-0.25, -0.2) is 4.39 Å². The number of aromatic carboxylic acids is 1. The van der Waals surface area contributed by atoms with Crippen molar-refractivity contribution in [3.05, 3.63) is 70.4 Å². The van der Waals surface area contributed by atoms with E-state index >= 15 is 0 Å². The second kappa shape index (κ2) is 6.54. The lowest BCUT2D eigenvalue weighted by atomic mass is 10.2. The van der Waals surface area contributed by atoms with Gasteiger partial charge in [-0.05, 0) is 29.8 Å². The highest BCUT2D eigenvalue weighted by Crippen LogP contribution is 2.36. The summed E-state index contributed by atoms with van der Waals surface area (Å²) in [6.45, 7) is 0. The van der Waals surface area contributed by atoms with Gasteiger partial charge in [-0.2, -0.15) is 0 Å². The van der Waals surface area contributed by atoms with E-state index in [1.165, 1.54) is 41.3 Å². The van der Waals surface area contributed by atoms with Crippen molar-refractivity contribution in [1.29, 1.82) is 0 Å². The average Bonchev–Trinajstić information content (AvgIpc) is 2.84. The van der Waals surface area contributed by atoms with Crippen molar-refractivity contribution in [2.45, 2.75) is 0 Å². The second-order valence-electron chi connectivity index (χ2n) is 4.87. The summed E-state index contributed by atoms with van der Waals surface area (Å²) >= 11 is 6.28. The predicted octanol–water partition coefficient (Wildman–Crippen LogP) is 2.60. The Morgan fingerprint density at radius 1 is 1.17 bits per heavy atom. The molecule has 2 aromatic rings. The first-order chi connectivity index (χ1) is 11.5. The fourth-order valence-electron chi connectivity index (χ4n) is 2.17. The molecule has 1 fully saturated rings. The monoisotopic (exact) mass is 358 g/mol. The van der Waals surface area contributed by atoms with Crippen LogP contribution in [0.5, 0.6) is 0 Å². The average molecular weight is 358 g/mol. The van der Waals surface area contributed by atoms with Crippen LogP contribution in [-0.2, 0) is 4.79 Å². The van der Waals surface area contributed by atoms with Gasteiger partial charge in [0.25, 0.3) is 5.91 Å². The number of carbonyl (C=O) groups excluding carboxylic acids is 2. The number of rotatable bonds is 3. The number of hydrogen-bond acceptors (Lipinski definition) is 5. The molecule has 0 bridgehead atoms. The molecule has 1 saturated heterocycles. The number of nitrogens with zero attached hydrogens (tertiary/aromatic N) is 1. The third-order valence-electron chi connectivity index (χ3n) is 3.35. The van der Waals surface area contributed by atoms with Crippen molar-refractivity contribution >= 4 is 51.9 Å². The molecule has 7 heteroatoms. The molecular weight excluding hydrogens is 349 g/mol. The summed E-state index contributed by atoms with van der Waals surface area (Å²) in [7, 11) is 0. The number of anilines is 1. The van der Waals surface area contributed by atoms with Gasteiger partial charge in [-0.3, -0.25) is 9.69 Å². The van der Waals surface area contributed by atoms with Gasteiger partial charge in [-0.15, -0.1) is 0 Å². The van der Waals surface area contributed by atoms with E-state index in [0.717, 1.165) is 11.8 Å². The van der Waals surface area contributed by atoms with E-state index in [1.807, 2.05) is 0 Å². The van der Waals surface area contributed by atoms with Crippen LogP contribution in [0.15, 0.2) is 53.4 Å². The van der Waals surface area contributed by atoms with Crippen LogP contribution in [0.2, 0.25) is 0 Å². The van der Waals surface area contributed by atoms with Crippen molar-refractivity contribution in [1.82, 2.24) is 0 Å². The Morgan fingerprint density at radius 3 is 2.46 bits per heavy atom. The molecule has 120 valence electrons. The molecule has 0 radical (unpaired) electrons. The van der Waals surface area contributed by atoms with Crippen molar-refractivity contribution in [2.24, 2.45) is 0 Å². The summed E-state index contributed by atoms with van der Waals surface area (Å²) in [6, 6.07) is 11.7. The lowest BCUT2D eigenvalue weighted by Gasteiger charge is -2.15. The summed E-state index contributed by atoms with van der Waals surface area (Å²) in [5.41, 5.74) is 0.746. The molecule has 1 heterocycles. The normalized spacial score (nSPS) is 16.0. The minimum absolute atomic E-state index is 0.00564. The molecule has 0 spiro atoms. The van der Waals surface area contributed by atoms with Crippen LogP contribution in [0.1, 0.15) is 15.9 Å². The summed E-state index contributed by atoms with van der Waals surface area (Å²) in [6.07, 6.45) is 1.45. The highest BCUT2D eigenvalue weighted by molar-refractivity contribution is 8.27. The van der Waals surface area contributed by atoms with E-state index in [1.54, 1.807) is 18.2 Å². The van der Waals surface area contributed by atoms with Crippen molar-refractivity contribution in [3.63, 3.8) is 0 Å². The number of thiocarbonyl (C=S) groups is 1. The Hall–Kier alpha value is -2.51. The molecule has 24 heavy (non-hydrogen) atoms. The van der Waals surface area contributed by atoms with Gasteiger partial charge in [0, 0.05) is 5.56 Å². The number of thioether (sulfide) groups is 1. The van der Waals surface area contributed by atoms with E-state index < -0.39 is 11.8 Å². The maximum atomic E-state index is 13.7. The van der Waals surface area contributed by atoms with Crippen LogP contribution in [0.4, 0.5) is 10.1 Å². The van der Waals surface area contributed by atoms with Crippen LogP contribution < -0.4 is 10.0 Å². The molecule has 0 aromatic heterocycles. The molecule has 3 rings (SSSR count).